The summed E-state index contributed by atoms with van der Waals surface area (Å²) in [6.07, 6.45) is 0. The number of benzene rings is 3. The molecule has 8 heteroatoms. The molecule has 2 heterocycles. The van der Waals surface area contributed by atoms with Gasteiger partial charge >= 0.3 is 0 Å². The Balaban J connectivity index is 1.21. The van der Waals surface area contributed by atoms with E-state index in [-0.39, 0.29) is 17.2 Å². The van der Waals surface area contributed by atoms with Gasteiger partial charge in [-0.1, -0.05) is 35.9 Å². The second kappa shape index (κ2) is 10.8. The van der Waals surface area contributed by atoms with Crippen LogP contribution in [0.2, 0.25) is 5.02 Å². The zero-order chi connectivity index (χ0) is 25.1. The lowest BCUT2D eigenvalue weighted by molar-refractivity contribution is -0.128. The number of nitrogens with zero attached hydrogens (tertiary/aromatic N) is 3. The van der Waals surface area contributed by atoms with E-state index >= 15 is 0 Å². The van der Waals surface area contributed by atoms with Gasteiger partial charge in [0.2, 0.25) is 5.91 Å². The van der Waals surface area contributed by atoms with Crippen molar-refractivity contribution in [2.45, 2.75) is 11.9 Å². The van der Waals surface area contributed by atoms with Gasteiger partial charge in [0.25, 0.3) is 5.91 Å². The molecule has 1 atom stereocenters. The third-order valence-electron chi connectivity index (χ3n) is 6.68. The summed E-state index contributed by atoms with van der Waals surface area (Å²) in [5, 5.41) is 0.616. The van der Waals surface area contributed by atoms with Gasteiger partial charge in [-0.25, -0.2) is 0 Å². The Morgan fingerprint density at radius 1 is 0.944 bits per heavy atom. The third-order valence-corrected chi connectivity index (χ3v) is 8.19. The van der Waals surface area contributed by atoms with E-state index in [1.54, 1.807) is 18.9 Å². The Morgan fingerprint density at radius 3 is 2.25 bits per heavy atom. The van der Waals surface area contributed by atoms with E-state index in [1.165, 1.54) is 0 Å². The second-order valence-corrected chi connectivity index (χ2v) is 10.4. The number of amides is 2. The number of carbonyl (C=O) groups excluding carboxylic acids is 2. The normalized spacial score (nSPS) is 18.0. The van der Waals surface area contributed by atoms with Gasteiger partial charge in [0, 0.05) is 49.0 Å². The summed E-state index contributed by atoms with van der Waals surface area (Å²) >= 11 is 7.62. The highest BCUT2D eigenvalue weighted by Crippen LogP contribution is 2.39. The molecule has 0 bridgehead atoms. The number of hydrogen-bond donors (Lipinski definition) is 0. The Bertz CT molecular complexity index is 1210. The first kappa shape index (κ1) is 24.5. The molecule has 0 spiro atoms. The average molecular weight is 522 g/mol. The number of rotatable bonds is 6. The molecule has 3 aromatic carbocycles. The number of carbonyl (C=O) groups is 2. The highest BCUT2D eigenvalue weighted by molar-refractivity contribution is 8.00. The number of anilines is 1. The molecule has 3 aromatic rings. The standard InChI is InChI=1S/C28H28ClN3O3S/c1-35-25-12-10-24(11-13-25)30-14-16-31(17-15-30)27(34)21-4-6-22(7-5-21)28-32(26(33)19-36-28)18-20-2-8-23(29)9-3-20/h2-13,28H,14-19H2,1H3/t28-/m1/s1. The van der Waals surface area contributed by atoms with Crippen molar-refractivity contribution in [2.75, 3.05) is 43.9 Å². The molecule has 5 rings (SSSR count). The minimum absolute atomic E-state index is 0.0455. The van der Waals surface area contributed by atoms with Crippen LogP contribution in [0.4, 0.5) is 5.69 Å². The smallest absolute Gasteiger partial charge is 0.253 e. The first-order valence-electron chi connectivity index (χ1n) is 12.0. The lowest BCUT2D eigenvalue weighted by Crippen LogP contribution is -2.48. The lowest BCUT2D eigenvalue weighted by atomic mass is 10.1. The van der Waals surface area contributed by atoms with Crippen LogP contribution >= 0.6 is 23.4 Å². The first-order valence-corrected chi connectivity index (χ1v) is 13.4. The van der Waals surface area contributed by atoms with Gasteiger partial charge in [-0.2, -0.15) is 0 Å². The van der Waals surface area contributed by atoms with Crippen LogP contribution in [0, 0.1) is 0 Å². The molecule has 2 saturated heterocycles. The van der Waals surface area contributed by atoms with Crippen LogP contribution in [-0.2, 0) is 11.3 Å². The van der Waals surface area contributed by atoms with E-state index in [9.17, 15) is 9.59 Å². The number of halogens is 1. The molecule has 0 N–H and O–H groups in total. The minimum Gasteiger partial charge on any atom is -0.497 e. The predicted molar refractivity (Wildman–Crippen MR) is 145 cm³/mol. The van der Waals surface area contributed by atoms with Crippen molar-refractivity contribution in [3.8, 4) is 5.75 Å². The average Bonchev–Trinajstić information content (AvgIpc) is 3.29. The van der Waals surface area contributed by atoms with Gasteiger partial charge in [0.1, 0.15) is 11.1 Å². The van der Waals surface area contributed by atoms with Crippen LogP contribution in [0.3, 0.4) is 0 Å². The number of ether oxygens (including phenoxy) is 1. The van der Waals surface area contributed by atoms with E-state index in [1.807, 2.05) is 70.5 Å². The van der Waals surface area contributed by atoms with Crippen molar-refractivity contribution in [3.05, 3.63) is 94.5 Å². The van der Waals surface area contributed by atoms with Crippen LogP contribution < -0.4 is 9.64 Å². The number of thioether (sulfide) groups is 1. The maximum absolute atomic E-state index is 13.2. The van der Waals surface area contributed by atoms with Gasteiger partial charge in [-0.3, -0.25) is 9.59 Å². The van der Waals surface area contributed by atoms with E-state index in [4.69, 9.17) is 16.3 Å². The monoisotopic (exact) mass is 521 g/mol. The zero-order valence-electron chi connectivity index (χ0n) is 20.1. The van der Waals surface area contributed by atoms with Crippen molar-refractivity contribution < 1.29 is 14.3 Å². The molecule has 2 amide bonds. The van der Waals surface area contributed by atoms with Crippen LogP contribution in [0.5, 0.6) is 5.75 Å². The topological polar surface area (TPSA) is 53.1 Å². The number of piperazine rings is 1. The first-order chi connectivity index (χ1) is 17.5. The van der Waals surface area contributed by atoms with Gasteiger partial charge < -0.3 is 19.4 Å². The van der Waals surface area contributed by atoms with Crippen molar-refractivity contribution in [1.29, 1.82) is 0 Å². The summed E-state index contributed by atoms with van der Waals surface area (Å²) < 4.78 is 5.24. The molecule has 2 aliphatic heterocycles. The summed E-state index contributed by atoms with van der Waals surface area (Å²) in [5.41, 5.74) is 3.88. The van der Waals surface area contributed by atoms with Crippen LogP contribution in [-0.4, -0.2) is 60.7 Å². The van der Waals surface area contributed by atoms with Crippen molar-refractivity contribution in [3.63, 3.8) is 0 Å². The molecule has 0 aromatic heterocycles. The fraction of sp³-hybridized carbons (Fsp3) is 0.286. The maximum atomic E-state index is 13.2. The van der Waals surface area contributed by atoms with Gasteiger partial charge in [0.05, 0.1) is 12.9 Å². The molecule has 186 valence electrons. The summed E-state index contributed by atoms with van der Waals surface area (Å²) in [5.74, 6) is 1.46. The molecule has 0 radical (unpaired) electrons. The quantitative estimate of drug-likeness (QED) is 0.452. The summed E-state index contributed by atoms with van der Waals surface area (Å²) in [4.78, 5) is 31.8. The van der Waals surface area contributed by atoms with Gasteiger partial charge in [-0.15, -0.1) is 11.8 Å². The SMILES string of the molecule is COc1ccc(N2CCN(C(=O)c3ccc([C@H]4SCC(=O)N4Cc4ccc(Cl)cc4)cc3)CC2)cc1. The Kier molecular flexibility index (Phi) is 7.39. The third kappa shape index (κ3) is 5.32. The van der Waals surface area contributed by atoms with Gasteiger partial charge in [0.15, 0.2) is 0 Å². The molecular weight excluding hydrogens is 494 g/mol. The Hall–Kier alpha value is -3.16. The molecule has 0 aliphatic carbocycles. The molecule has 0 unspecified atom stereocenters. The molecule has 6 nitrogen and oxygen atoms in total. The van der Waals surface area contributed by atoms with Crippen LogP contribution in [0.15, 0.2) is 72.8 Å². The number of methoxy groups -OCH3 is 1. The lowest BCUT2D eigenvalue weighted by Gasteiger charge is -2.36. The Morgan fingerprint density at radius 2 is 1.61 bits per heavy atom. The van der Waals surface area contributed by atoms with Crippen LogP contribution in [0.25, 0.3) is 0 Å². The molecule has 2 aliphatic rings. The van der Waals surface area contributed by atoms with E-state index in [0.717, 1.165) is 35.7 Å². The van der Waals surface area contributed by atoms with E-state index in [0.29, 0.717) is 36.0 Å². The second-order valence-electron chi connectivity index (χ2n) is 8.91. The van der Waals surface area contributed by atoms with Gasteiger partial charge in [-0.05, 0) is 59.7 Å². The number of hydrogen-bond acceptors (Lipinski definition) is 5. The van der Waals surface area contributed by atoms with Crippen molar-refractivity contribution >= 4 is 40.9 Å². The molecule has 0 saturated carbocycles. The maximum Gasteiger partial charge on any atom is 0.253 e. The Labute approximate surface area is 220 Å². The highest BCUT2D eigenvalue weighted by atomic mass is 35.5. The van der Waals surface area contributed by atoms with E-state index < -0.39 is 0 Å². The highest BCUT2D eigenvalue weighted by Gasteiger charge is 2.33. The minimum atomic E-state index is -0.0645. The predicted octanol–water partition coefficient (Wildman–Crippen LogP) is 5.09. The summed E-state index contributed by atoms with van der Waals surface area (Å²) in [7, 11) is 1.66. The fourth-order valence-electron chi connectivity index (χ4n) is 4.62. The molecule has 2 fully saturated rings. The fourth-order valence-corrected chi connectivity index (χ4v) is 5.94. The summed E-state index contributed by atoms with van der Waals surface area (Å²) in [6.45, 7) is 3.46. The van der Waals surface area contributed by atoms with Crippen LogP contribution in [0.1, 0.15) is 26.9 Å². The largest absolute Gasteiger partial charge is 0.497 e. The summed E-state index contributed by atoms with van der Waals surface area (Å²) in [6, 6.07) is 23.3. The van der Waals surface area contributed by atoms with E-state index in [2.05, 4.69) is 17.0 Å². The molecular formula is C28H28ClN3O3S. The van der Waals surface area contributed by atoms with Crippen molar-refractivity contribution in [1.82, 2.24) is 9.80 Å². The molecule has 36 heavy (non-hydrogen) atoms. The zero-order valence-corrected chi connectivity index (χ0v) is 21.7. The van der Waals surface area contributed by atoms with Crippen molar-refractivity contribution in [2.24, 2.45) is 0 Å².